The number of aryl methyl sites for hydroxylation is 2. The smallest absolute Gasteiger partial charge is 0.0948 e. The third-order valence-electron chi connectivity index (χ3n) is 3.54. The minimum Gasteiger partial charge on any atom is -0.337 e. The van der Waals surface area contributed by atoms with Gasteiger partial charge in [-0.3, -0.25) is 0 Å². The molecule has 1 aliphatic heterocycles. The van der Waals surface area contributed by atoms with Gasteiger partial charge in [-0.2, -0.15) is 0 Å². The summed E-state index contributed by atoms with van der Waals surface area (Å²) >= 11 is 0. The van der Waals surface area contributed by atoms with Crippen LogP contribution in [0.3, 0.4) is 0 Å². The van der Waals surface area contributed by atoms with Crippen LogP contribution in [0.2, 0.25) is 0 Å². The SMILES string of the molecule is c1cn(CCCn2cncc2C2CCCN2)cn1. The van der Waals surface area contributed by atoms with Gasteiger partial charge in [-0.1, -0.05) is 0 Å². The molecule has 5 nitrogen and oxygen atoms in total. The molecule has 1 aliphatic rings. The van der Waals surface area contributed by atoms with Gasteiger partial charge in [0.15, 0.2) is 0 Å². The number of imidazole rings is 2. The van der Waals surface area contributed by atoms with E-state index in [9.17, 15) is 0 Å². The van der Waals surface area contributed by atoms with Crippen molar-refractivity contribution in [2.75, 3.05) is 6.54 Å². The summed E-state index contributed by atoms with van der Waals surface area (Å²) in [7, 11) is 0. The van der Waals surface area contributed by atoms with Gasteiger partial charge in [-0.05, 0) is 25.8 Å². The molecule has 0 saturated carbocycles. The molecule has 0 aromatic carbocycles. The van der Waals surface area contributed by atoms with Crippen molar-refractivity contribution in [1.82, 2.24) is 24.4 Å². The lowest BCUT2D eigenvalue weighted by atomic mass is 10.2. The summed E-state index contributed by atoms with van der Waals surface area (Å²) in [5.74, 6) is 0. The Bertz CT molecular complexity index is 467. The van der Waals surface area contributed by atoms with Crippen molar-refractivity contribution in [3.8, 4) is 0 Å². The predicted molar refractivity (Wildman–Crippen MR) is 69.0 cm³/mol. The summed E-state index contributed by atoms with van der Waals surface area (Å²) < 4.78 is 4.39. The lowest BCUT2D eigenvalue weighted by molar-refractivity contribution is 0.518. The Kier molecular flexibility index (Phi) is 3.41. The fourth-order valence-electron chi connectivity index (χ4n) is 2.59. The van der Waals surface area contributed by atoms with Crippen molar-refractivity contribution < 1.29 is 0 Å². The number of aromatic nitrogens is 4. The quantitative estimate of drug-likeness (QED) is 0.870. The number of nitrogens with zero attached hydrogens (tertiary/aromatic N) is 4. The topological polar surface area (TPSA) is 47.7 Å². The van der Waals surface area contributed by atoms with Crippen LogP contribution in [0.25, 0.3) is 0 Å². The number of hydrogen-bond donors (Lipinski definition) is 1. The summed E-state index contributed by atoms with van der Waals surface area (Å²) in [5, 5.41) is 3.53. The minimum atomic E-state index is 0.501. The van der Waals surface area contributed by atoms with Gasteiger partial charge in [0.1, 0.15) is 0 Å². The molecule has 0 radical (unpaired) electrons. The van der Waals surface area contributed by atoms with Gasteiger partial charge in [-0.25, -0.2) is 9.97 Å². The zero-order valence-corrected chi connectivity index (χ0v) is 10.5. The van der Waals surface area contributed by atoms with Crippen LogP contribution in [0.5, 0.6) is 0 Å². The van der Waals surface area contributed by atoms with E-state index < -0.39 is 0 Å². The van der Waals surface area contributed by atoms with Crippen molar-refractivity contribution in [3.05, 3.63) is 36.9 Å². The number of rotatable bonds is 5. The molecule has 1 saturated heterocycles. The van der Waals surface area contributed by atoms with E-state index in [2.05, 4.69) is 24.4 Å². The van der Waals surface area contributed by atoms with Crippen molar-refractivity contribution >= 4 is 0 Å². The maximum atomic E-state index is 4.29. The first-order valence-electron chi connectivity index (χ1n) is 6.62. The Morgan fingerprint density at radius 1 is 1.28 bits per heavy atom. The summed E-state index contributed by atoms with van der Waals surface area (Å²) in [4.78, 5) is 8.34. The normalized spacial score (nSPS) is 19.4. The minimum absolute atomic E-state index is 0.501. The van der Waals surface area contributed by atoms with Crippen molar-refractivity contribution in [2.45, 2.75) is 38.4 Å². The van der Waals surface area contributed by atoms with Crippen molar-refractivity contribution in [3.63, 3.8) is 0 Å². The Labute approximate surface area is 107 Å². The van der Waals surface area contributed by atoms with Crippen molar-refractivity contribution in [1.29, 1.82) is 0 Å². The van der Waals surface area contributed by atoms with Crippen LogP contribution in [-0.4, -0.2) is 25.6 Å². The van der Waals surface area contributed by atoms with Crippen LogP contribution < -0.4 is 5.32 Å². The van der Waals surface area contributed by atoms with E-state index in [-0.39, 0.29) is 0 Å². The third kappa shape index (κ3) is 2.46. The highest BCUT2D eigenvalue weighted by Gasteiger charge is 2.19. The molecular weight excluding hydrogens is 226 g/mol. The van der Waals surface area contributed by atoms with Crippen LogP contribution in [-0.2, 0) is 13.1 Å². The van der Waals surface area contributed by atoms with Crippen LogP contribution >= 0.6 is 0 Å². The first-order chi connectivity index (χ1) is 8.93. The molecule has 0 aliphatic carbocycles. The first kappa shape index (κ1) is 11.5. The molecule has 0 spiro atoms. The molecule has 0 amide bonds. The Balaban J connectivity index is 1.57. The Morgan fingerprint density at radius 2 is 2.28 bits per heavy atom. The molecule has 1 N–H and O–H groups in total. The Hall–Kier alpha value is -1.62. The lowest BCUT2D eigenvalue weighted by Crippen LogP contribution is -2.17. The van der Waals surface area contributed by atoms with Crippen LogP contribution in [0, 0.1) is 0 Å². The van der Waals surface area contributed by atoms with Gasteiger partial charge in [0.25, 0.3) is 0 Å². The number of hydrogen-bond acceptors (Lipinski definition) is 3. The fraction of sp³-hybridized carbons (Fsp3) is 0.538. The molecule has 2 aromatic rings. The van der Waals surface area contributed by atoms with Gasteiger partial charge in [0.2, 0.25) is 0 Å². The zero-order valence-electron chi connectivity index (χ0n) is 10.5. The number of nitrogens with one attached hydrogen (secondary N) is 1. The van der Waals surface area contributed by atoms with E-state index in [1.165, 1.54) is 18.5 Å². The van der Waals surface area contributed by atoms with Gasteiger partial charge < -0.3 is 14.5 Å². The third-order valence-corrected chi connectivity index (χ3v) is 3.54. The molecule has 1 fully saturated rings. The highest BCUT2D eigenvalue weighted by Crippen LogP contribution is 2.22. The molecule has 1 atom stereocenters. The van der Waals surface area contributed by atoms with E-state index in [0.717, 1.165) is 26.1 Å². The van der Waals surface area contributed by atoms with E-state index in [4.69, 9.17) is 0 Å². The standard InChI is InChI=1S/C13H19N5/c1-3-12(16-4-1)13-9-15-11-18(13)7-2-6-17-8-5-14-10-17/h5,8-12,16H,1-4,6-7H2. The van der Waals surface area contributed by atoms with Crippen molar-refractivity contribution in [2.24, 2.45) is 0 Å². The van der Waals surface area contributed by atoms with Crippen LogP contribution in [0.1, 0.15) is 31.0 Å². The molecular formula is C13H19N5. The van der Waals surface area contributed by atoms with E-state index in [1.807, 2.05) is 31.2 Å². The van der Waals surface area contributed by atoms with Crippen LogP contribution in [0.4, 0.5) is 0 Å². The highest BCUT2D eigenvalue weighted by atomic mass is 15.1. The average Bonchev–Trinajstić information content (AvgIpc) is 3.12. The Morgan fingerprint density at radius 3 is 3.06 bits per heavy atom. The molecule has 5 heteroatoms. The van der Waals surface area contributed by atoms with E-state index in [1.54, 1.807) is 0 Å². The molecule has 3 heterocycles. The maximum absolute atomic E-state index is 4.29. The lowest BCUT2D eigenvalue weighted by Gasteiger charge is -2.13. The maximum Gasteiger partial charge on any atom is 0.0948 e. The second kappa shape index (κ2) is 5.35. The summed E-state index contributed by atoms with van der Waals surface area (Å²) in [6.07, 6.45) is 13.2. The van der Waals surface area contributed by atoms with Gasteiger partial charge in [-0.15, -0.1) is 0 Å². The predicted octanol–water partition coefficient (Wildman–Crippen LogP) is 1.59. The highest BCUT2D eigenvalue weighted by molar-refractivity contribution is 5.07. The molecule has 1 unspecified atom stereocenters. The largest absolute Gasteiger partial charge is 0.337 e. The molecule has 0 bridgehead atoms. The van der Waals surface area contributed by atoms with Gasteiger partial charge in [0, 0.05) is 37.7 Å². The summed E-state index contributed by atoms with van der Waals surface area (Å²) in [6.45, 7) is 3.16. The molecule has 18 heavy (non-hydrogen) atoms. The second-order valence-corrected chi connectivity index (χ2v) is 4.81. The summed E-state index contributed by atoms with van der Waals surface area (Å²) in [5.41, 5.74) is 1.33. The van der Waals surface area contributed by atoms with E-state index in [0.29, 0.717) is 6.04 Å². The average molecular weight is 245 g/mol. The molecule has 3 rings (SSSR count). The first-order valence-corrected chi connectivity index (χ1v) is 6.62. The van der Waals surface area contributed by atoms with Crippen LogP contribution in [0.15, 0.2) is 31.2 Å². The zero-order chi connectivity index (χ0) is 12.2. The molecule has 2 aromatic heterocycles. The van der Waals surface area contributed by atoms with E-state index >= 15 is 0 Å². The van der Waals surface area contributed by atoms with Gasteiger partial charge >= 0.3 is 0 Å². The van der Waals surface area contributed by atoms with Gasteiger partial charge in [0.05, 0.1) is 18.3 Å². The monoisotopic (exact) mass is 245 g/mol. The summed E-state index contributed by atoms with van der Waals surface area (Å²) in [6, 6.07) is 0.501. The molecule has 96 valence electrons. The second-order valence-electron chi connectivity index (χ2n) is 4.81. The fourth-order valence-corrected chi connectivity index (χ4v) is 2.59.